The molecule has 2 saturated heterocycles. The Hall–Kier alpha value is -0.340. The van der Waals surface area contributed by atoms with Crippen molar-refractivity contribution >= 4 is 16.9 Å². The van der Waals surface area contributed by atoms with Gasteiger partial charge in [0.1, 0.15) is 23.7 Å². The molecule has 6 atom stereocenters. The number of unbranched alkanes of at least 4 members (excludes halogenated alkanes) is 1. The van der Waals surface area contributed by atoms with Gasteiger partial charge in [-0.3, -0.25) is 4.99 Å². The van der Waals surface area contributed by atoms with Crippen LogP contribution in [0.2, 0.25) is 0 Å². The van der Waals surface area contributed by atoms with Gasteiger partial charge in [0.15, 0.2) is 5.17 Å². The summed E-state index contributed by atoms with van der Waals surface area (Å²) in [5.74, 6) is 0. The quantitative estimate of drug-likeness (QED) is 0.568. The summed E-state index contributed by atoms with van der Waals surface area (Å²) in [4.78, 5) is 4.38. The van der Waals surface area contributed by atoms with Gasteiger partial charge in [-0.15, -0.1) is 0 Å². The van der Waals surface area contributed by atoms with Crippen molar-refractivity contribution in [1.29, 1.82) is 0 Å². The lowest BCUT2D eigenvalue weighted by atomic mass is 9.92. The van der Waals surface area contributed by atoms with Crippen LogP contribution in [0.5, 0.6) is 0 Å². The second kappa shape index (κ2) is 7.78. The van der Waals surface area contributed by atoms with Crippen LogP contribution in [0.25, 0.3) is 0 Å². The molecule has 2 rings (SSSR count). The van der Waals surface area contributed by atoms with Crippen molar-refractivity contribution < 1.29 is 20.1 Å². The van der Waals surface area contributed by atoms with E-state index in [9.17, 15) is 15.3 Å². The molecule has 0 aliphatic carbocycles. The van der Waals surface area contributed by atoms with Crippen molar-refractivity contribution in [2.75, 3.05) is 6.54 Å². The van der Waals surface area contributed by atoms with Gasteiger partial charge in [0, 0.05) is 6.54 Å². The molecule has 0 amide bonds. The summed E-state index contributed by atoms with van der Waals surface area (Å²) in [6, 6.07) is -0.379. The lowest BCUT2D eigenvalue weighted by molar-refractivity contribution is -0.188. The first kappa shape index (κ1) is 17.0. The minimum atomic E-state index is -1.09. The molecule has 2 aliphatic heterocycles. The zero-order valence-corrected chi connectivity index (χ0v) is 13.4. The van der Waals surface area contributed by atoms with Crippen LogP contribution in [0.4, 0.5) is 0 Å². The lowest BCUT2D eigenvalue weighted by Crippen LogP contribution is -2.61. The van der Waals surface area contributed by atoms with E-state index in [1.165, 1.54) is 11.8 Å². The van der Waals surface area contributed by atoms with Crippen molar-refractivity contribution in [2.24, 2.45) is 4.99 Å². The Labute approximate surface area is 130 Å². The first-order chi connectivity index (χ1) is 10.1. The molecule has 0 spiro atoms. The highest BCUT2D eigenvalue weighted by Gasteiger charge is 2.50. The highest BCUT2D eigenvalue weighted by Crippen LogP contribution is 2.35. The molecule has 0 aromatic heterocycles. The minimum Gasteiger partial charge on any atom is -0.390 e. The Bertz CT molecular complexity index is 369. The van der Waals surface area contributed by atoms with Gasteiger partial charge in [-0.25, -0.2) is 0 Å². The van der Waals surface area contributed by atoms with Crippen LogP contribution in [-0.4, -0.2) is 62.9 Å². The molecular weight excluding hydrogens is 292 g/mol. The van der Waals surface area contributed by atoms with E-state index in [0.717, 1.165) is 31.0 Å². The molecule has 0 bridgehead atoms. The van der Waals surface area contributed by atoms with E-state index in [4.69, 9.17) is 4.74 Å². The number of ether oxygens (including phenoxy) is 1. The van der Waals surface area contributed by atoms with Crippen LogP contribution in [-0.2, 0) is 4.74 Å². The number of hydrogen-bond donors (Lipinski definition) is 4. The highest BCUT2D eigenvalue weighted by atomic mass is 32.2. The van der Waals surface area contributed by atoms with Gasteiger partial charge in [0.25, 0.3) is 0 Å². The SMILES string of the molecule is CCCCC(O)C1OC2SC(=NCCC)NC2C(O)C1O. The molecular formula is C14H26N2O4S. The second-order valence-electron chi connectivity index (χ2n) is 5.63. The largest absolute Gasteiger partial charge is 0.390 e. The van der Waals surface area contributed by atoms with E-state index < -0.39 is 24.4 Å². The molecule has 7 heteroatoms. The summed E-state index contributed by atoms with van der Waals surface area (Å²) in [5, 5.41) is 34.5. The number of aliphatic imine (C=N–C) groups is 1. The van der Waals surface area contributed by atoms with Gasteiger partial charge in [-0.05, 0) is 12.8 Å². The third-order valence-electron chi connectivity index (χ3n) is 3.87. The summed E-state index contributed by atoms with van der Waals surface area (Å²) in [6.07, 6.45) is -0.197. The fourth-order valence-corrected chi connectivity index (χ4v) is 3.77. The summed E-state index contributed by atoms with van der Waals surface area (Å²) >= 11 is 1.42. The first-order valence-corrected chi connectivity index (χ1v) is 8.63. The number of thioether (sulfide) groups is 1. The Morgan fingerprint density at radius 1 is 1.29 bits per heavy atom. The standard InChI is InChI=1S/C14H26N2O4S/c1-3-5-6-8(17)12-11(19)10(18)9-13(20-12)21-14(16-9)15-7-4-2/h8-13,17-19H,3-7H2,1-2H3,(H,15,16). The van der Waals surface area contributed by atoms with E-state index >= 15 is 0 Å². The zero-order valence-electron chi connectivity index (χ0n) is 12.6. The summed E-state index contributed by atoms with van der Waals surface area (Å²) in [6.45, 7) is 4.81. The molecule has 21 heavy (non-hydrogen) atoms. The van der Waals surface area contributed by atoms with E-state index in [1.54, 1.807) is 0 Å². The van der Waals surface area contributed by atoms with Crippen molar-refractivity contribution in [3.05, 3.63) is 0 Å². The maximum absolute atomic E-state index is 10.3. The van der Waals surface area contributed by atoms with Gasteiger partial charge >= 0.3 is 0 Å². The molecule has 0 aromatic rings. The Kier molecular flexibility index (Phi) is 6.31. The van der Waals surface area contributed by atoms with Crippen molar-refractivity contribution in [1.82, 2.24) is 5.32 Å². The van der Waals surface area contributed by atoms with Crippen LogP contribution in [0.15, 0.2) is 4.99 Å². The number of hydrogen-bond acceptors (Lipinski definition) is 6. The molecule has 122 valence electrons. The predicted molar refractivity (Wildman–Crippen MR) is 83.3 cm³/mol. The molecule has 6 nitrogen and oxygen atoms in total. The van der Waals surface area contributed by atoms with Gasteiger partial charge < -0.3 is 25.4 Å². The van der Waals surface area contributed by atoms with Crippen LogP contribution in [0.3, 0.4) is 0 Å². The number of rotatable bonds is 6. The second-order valence-corrected chi connectivity index (χ2v) is 6.72. The van der Waals surface area contributed by atoms with E-state index in [0.29, 0.717) is 6.42 Å². The Morgan fingerprint density at radius 3 is 2.71 bits per heavy atom. The third kappa shape index (κ3) is 3.90. The number of fused-ring (bicyclic) bond motifs is 1. The smallest absolute Gasteiger partial charge is 0.159 e. The number of amidine groups is 1. The lowest BCUT2D eigenvalue weighted by Gasteiger charge is -2.40. The average Bonchev–Trinajstić information content (AvgIpc) is 2.89. The van der Waals surface area contributed by atoms with Crippen molar-refractivity contribution in [3.63, 3.8) is 0 Å². The number of aliphatic hydroxyl groups is 3. The molecule has 0 radical (unpaired) electrons. The summed E-state index contributed by atoms with van der Waals surface area (Å²) in [7, 11) is 0. The topological polar surface area (TPSA) is 94.3 Å². The fraction of sp³-hybridized carbons (Fsp3) is 0.929. The molecule has 2 aliphatic rings. The predicted octanol–water partition coefficient (Wildman–Crippen LogP) is 0.455. The normalized spacial score (nSPS) is 39.1. The monoisotopic (exact) mass is 318 g/mol. The maximum atomic E-state index is 10.3. The van der Waals surface area contributed by atoms with Crippen LogP contribution < -0.4 is 5.32 Å². The van der Waals surface area contributed by atoms with Gasteiger partial charge in [-0.1, -0.05) is 38.5 Å². The van der Waals surface area contributed by atoms with Gasteiger partial charge in [-0.2, -0.15) is 0 Å². The minimum absolute atomic E-state index is 0.319. The number of aliphatic hydroxyl groups excluding tert-OH is 3. The fourth-order valence-electron chi connectivity index (χ4n) is 2.62. The molecule has 6 unspecified atom stereocenters. The van der Waals surface area contributed by atoms with E-state index in [-0.39, 0.29) is 11.5 Å². The van der Waals surface area contributed by atoms with Crippen LogP contribution in [0.1, 0.15) is 39.5 Å². The highest BCUT2D eigenvalue weighted by molar-refractivity contribution is 8.14. The molecule has 2 heterocycles. The number of nitrogens with zero attached hydrogens (tertiary/aromatic N) is 1. The van der Waals surface area contributed by atoms with Gasteiger partial charge in [0.2, 0.25) is 0 Å². The number of nitrogens with one attached hydrogen (secondary N) is 1. The van der Waals surface area contributed by atoms with Crippen LogP contribution in [0, 0.1) is 0 Å². The summed E-state index contributed by atoms with van der Waals surface area (Å²) in [5.41, 5.74) is -0.319. The van der Waals surface area contributed by atoms with E-state index in [1.807, 2.05) is 13.8 Å². The van der Waals surface area contributed by atoms with E-state index in [2.05, 4.69) is 10.3 Å². The molecule has 2 fully saturated rings. The zero-order chi connectivity index (χ0) is 15.4. The Morgan fingerprint density at radius 2 is 2.05 bits per heavy atom. The third-order valence-corrected chi connectivity index (χ3v) is 4.98. The van der Waals surface area contributed by atoms with Gasteiger partial charge in [0.05, 0.1) is 12.1 Å². The average molecular weight is 318 g/mol. The van der Waals surface area contributed by atoms with Crippen LogP contribution >= 0.6 is 11.8 Å². The molecule has 0 aromatic carbocycles. The van der Waals surface area contributed by atoms with Crippen molar-refractivity contribution in [2.45, 2.75) is 75.4 Å². The molecule has 4 N–H and O–H groups in total. The Balaban J connectivity index is 2.01. The van der Waals surface area contributed by atoms with Crippen molar-refractivity contribution in [3.8, 4) is 0 Å². The first-order valence-electron chi connectivity index (χ1n) is 7.75. The maximum Gasteiger partial charge on any atom is 0.159 e. The molecule has 0 saturated carbocycles. The summed E-state index contributed by atoms with van der Waals surface area (Å²) < 4.78 is 5.82.